The van der Waals surface area contributed by atoms with Gasteiger partial charge in [0.15, 0.2) is 11.6 Å². The van der Waals surface area contributed by atoms with Crippen molar-refractivity contribution in [1.29, 1.82) is 0 Å². The number of nitrogens with zero attached hydrogens (tertiary/aromatic N) is 1. The van der Waals surface area contributed by atoms with E-state index in [2.05, 4.69) is 0 Å². The van der Waals surface area contributed by atoms with E-state index in [1.807, 2.05) is 23.9 Å². The molecule has 0 saturated carbocycles. The number of carbonyl (C=O) groups excluding carboxylic acids is 2. The summed E-state index contributed by atoms with van der Waals surface area (Å²) in [6.45, 7) is 1.48. The van der Waals surface area contributed by atoms with Gasteiger partial charge in [-0.05, 0) is 55.0 Å². The van der Waals surface area contributed by atoms with Crippen LogP contribution in [0.25, 0.3) is 12.2 Å². The third-order valence-corrected chi connectivity index (χ3v) is 3.09. The van der Waals surface area contributed by atoms with Crippen LogP contribution in [0.3, 0.4) is 0 Å². The number of benzene rings is 1. The standard InChI is InChI=1S/C18H16FNO2/c1-13(21)6-8-17-10-14(12-20(17)2)7-9-18(22)15-4-3-5-16(19)11-15/h3-12H,1-2H3/b8-6+,9-7+. The van der Waals surface area contributed by atoms with Crippen LogP contribution in [-0.2, 0) is 11.8 Å². The maximum atomic E-state index is 13.1. The number of carbonyl (C=O) groups is 2. The van der Waals surface area contributed by atoms with Gasteiger partial charge in [-0.15, -0.1) is 0 Å². The normalized spacial score (nSPS) is 11.4. The molecule has 4 heteroatoms. The van der Waals surface area contributed by atoms with Crippen LogP contribution in [0.15, 0.2) is 48.7 Å². The van der Waals surface area contributed by atoms with Gasteiger partial charge in [0, 0.05) is 24.5 Å². The monoisotopic (exact) mass is 297 g/mol. The van der Waals surface area contributed by atoms with Gasteiger partial charge in [-0.2, -0.15) is 0 Å². The van der Waals surface area contributed by atoms with Crippen molar-refractivity contribution in [3.63, 3.8) is 0 Å². The first-order valence-electron chi connectivity index (χ1n) is 6.79. The summed E-state index contributed by atoms with van der Waals surface area (Å²) in [7, 11) is 1.85. The minimum Gasteiger partial charge on any atom is -0.350 e. The van der Waals surface area contributed by atoms with Crippen molar-refractivity contribution in [1.82, 2.24) is 4.57 Å². The van der Waals surface area contributed by atoms with Crippen LogP contribution in [0.2, 0.25) is 0 Å². The molecule has 0 atom stereocenters. The quantitative estimate of drug-likeness (QED) is 0.624. The second-order valence-corrected chi connectivity index (χ2v) is 4.96. The van der Waals surface area contributed by atoms with Gasteiger partial charge in [-0.25, -0.2) is 4.39 Å². The summed E-state index contributed by atoms with van der Waals surface area (Å²) in [4.78, 5) is 22.9. The van der Waals surface area contributed by atoms with Crippen LogP contribution in [-0.4, -0.2) is 16.1 Å². The predicted molar refractivity (Wildman–Crippen MR) is 84.9 cm³/mol. The van der Waals surface area contributed by atoms with Crippen LogP contribution < -0.4 is 0 Å². The molecular weight excluding hydrogens is 281 g/mol. The topological polar surface area (TPSA) is 39.1 Å². The molecule has 0 fully saturated rings. The second kappa shape index (κ2) is 6.80. The van der Waals surface area contributed by atoms with Gasteiger partial charge in [0.2, 0.25) is 0 Å². The first-order chi connectivity index (χ1) is 10.5. The molecule has 3 nitrogen and oxygen atoms in total. The fourth-order valence-corrected chi connectivity index (χ4v) is 1.98. The van der Waals surface area contributed by atoms with Gasteiger partial charge in [-0.1, -0.05) is 12.1 Å². The Kier molecular flexibility index (Phi) is 4.84. The smallest absolute Gasteiger partial charge is 0.185 e. The zero-order chi connectivity index (χ0) is 16.1. The zero-order valence-corrected chi connectivity index (χ0v) is 12.4. The first kappa shape index (κ1) is 15.6. The van der Waals surface area contributed by atoms with Crippen molar-refractivity contribution in [2.75, 3.05) is 0 Å². The molecule has 0 bridgehead atoms. The third-order valence-electron chi connectivity index (χ3n) is 3.09. The molecule has 2 rings (SSSR count). The number of halogens is 1. The van der Waals surface area contributed by atoms with E-state index in [9.17, 15) is 14.0 Å². The molecule has 22 heavy (non-hydrogen) atoms. The molecule has 1 aromatic heterocycles. The Labute approximate surface area is 128 Å². The molecule has 0 spiro atoms. The molecule has 0 radical (unpaired) electrons. The largest absolute Gasteiger partial charge is 0.350 e. The first-order valence-corrected chi connectivity index (χ1v) is 6.79. The highest BCUT2D eigenvalue weighted by Gasteiger charge is 2.03. The molecule has 0 N–H and O–H groups in total. The van der Waals surface area contributed by atoms with Crippen LogP contribution in [0.1, 0.15) is 28.5 Å². The summed E-state index contributed by atoms with van der Waals surface area (Å²) in [5.41, 5.74) is 1.99. The van der Waals surface area contributed by atoms with Crippen LogP contribution in [0.4, 0.5) is 4.39 Å². The van der Waals surface area contributed by atoms with E-state index in [0.29, 0.717) is 5.56 Å². The lowest BCUT2D eigenvalue weighted by atomic mass is 10.1. The lowest BCUT2D eigenvalue weighted by Crippen LogP contribution is -1.94. The van der Waals surface area contributed by atoms with E-state index in [1.165, 1.54) is 37.3 Å². The molecule has 112 valence electrons. The molecule has 2 aromatic rings. The molecule has 0 saturated heterocycles. The lowest BCUT2D eigenvalue weighted by Gasteiger charge is -1.95. The number of rotatable bonds is 5. The van der Waals surface area contributed by atoms with Crippen molar-refractivity contribution in [3.05, 3.63) is 71.3 Å². The molecule has 0 aliphatic heterocycles. The zero-order valence-electron chi connectivity index (χ0n) is 12.4. The van der Waals surface area contributed by atoms with Gasteiger partial charge in [0.1, 0.15) is 5.82 Å². The van der Waals surface area contributed by atoms with Crippen molar-refractivity contribution >= 4 is 23.7 Å². The Bertz CT molecular complexity index is 769. The maximum absolute atomic E-state index is 13.1. The predicted octanol–water partition coefficient (Wildman–Crippen LogP) is 3.66. The summed E-state index contributed by atoms with van der Waals surface area (Å²) < 4.78 is 14.9. The molecule has 0 unspecified atom stereocenters. The Hall–Kier alpha value is -2.75. The maximum Gasteiger partial charge on any atom is 0.185 e. The number of aromatic nitrogens is 1. The number of hydrogen-bond acceptors (Lipinski definition) is 2. The summed E-state index contributed by atoms with van der Waals surface area (Å²) in [6.07, 6.45) is 8.12. The molecule has 1 aromatic carbocycles. The summed E-state index contributed by atoms with van der Waals surface area (Å²) >= 11 is 0. The number of allylic oxidation sites excluding steroid dienone is 2. The highest BCUT2D eigenvalue weighted by molar-refractivity contribution is 6.06. The van der Waals surface area contributed by atoms with Gasteiger partial charge in [0.25, 0.3) is 0 Å². The van der Waals surface area contributed by atoms with Gasteiger partial charge < -0.3 is 4.57 Å². The second-order valence-electron chi connectivity index (χ2n) is 4.96. The van der Waals surface area contributed by atoms with Crippen LogP contribution >= 0.6 is 0 Å². The van der Waals surface area contributed by atoms with E-state index in [-0.39, 0.29) is 11.6 Å². The Balaban J connectivity index is 2.15. The van der Waals surface area contributed by atoms with E-state index in [4.69, 9.17) is 0 Å². The van der Waals surface area contributed by atoms with E-state index < -0.39 is 5.82 Å². The highest BCUT2D eigenvalue weighted by Crippen LogP contribution is 2.12. The highest BCUT2D eigenvalue weighted by atomic mass is 19.1. The van der Waals surface area contributed by atoms with E-state index in [0.717, 1.165) is 11.3 Å². The summed E-state index contributed by atoms with van der Waals surface area (Å²) in [5.74, 6) is -0.723. The lowest BCUT2D eigenvalue weighted by molar-refractivity contribution is -0.112. The fourth-order valence-electron chi connectivity index (χ4n) is 1.98. The number of ketones is 2. The SMILES string of the molecule is CC(=O)/C=C/c1cc(/C=C/C(=O)c2cccc(F)c2)cn1C. The molecule has 0 aliphatic carbocycles. The molecule has 0 aliphatic rings. The Morgan fingerprint density at radius 3 is 2.59 bits per heavy atom. The Morgan fingerprint density at radius 1 is 1.14 bits per heavy atom. The molecule has 1 heterocycles. The average Bonchev–Trinajstić information content (AvgIpc) is 2.83. The number of hydrogen-bond donors (Lipinski definition) is 0. The summed E-state index contributed by atoms with van der Waals surface area (Å²) in [6, 6.07) is 7.43. The van der Waals surface area contributed by atoms with E-state index in [1.54, 1.807) is 18.2 Å². The Morgan fingerprint density at radius 2 is 1.91 bits per heavy atom. The van der Waals surface area contributed by atoms with Crippen LogP contribution in [0, 0.1) is 5.82 Å². The average molecular weight is 297 g/mol. The van der Waals surface area contributed by atoms with Gasteiger partial charge >= 0.3 is 0 Å². The van der Waals surface area contributed by atoms with Crippen molar-refractivity contribution < 1.29 is 14.0 Å². The van der Waals surface area contributed by atoms with Gasteiger partial charge in [0.05, 0.1) is 0 Å². The summed E-state index contributed by atoms with van der Waals surface area (Å²) in [5, 5.41) is 0. The van der Waals surface area contributed by atoms with Crippen molar-refractivity contribution in [2.24, 2.45) is 7.05 Å². The van der Waals surface area contributed by atoms with E-state index >= 15 is 0 Å². The minimum atomic E-state index is -0.435. The molecule has 0 amide bonds. The molecular formula is C18H16FNO2. The van der Waals surface area contributed by atoms with Gasteiger partial charge in [-0.3, -0.25) is 9.59 Å². The third kappa shape index (κ3) is 4.12. The minimum absolute atomic E-state index is 0.0282. The fraction of sp³-hybridized carbons (Fsp3) is 0.111. The van der Waals surface area contributed by atoms with Crippen molar-refractivity contribution in [3.8, 4) is 0 Å². The number of aryl methyl sites for hydroxylation is 1. The van der Waals surface area contributed by atoms with Crippen LogP contribution in [0.5, 0.6) is 0 Å². The van der Waals surface area contributed by atoms with Crippen molar-refractivity contribution in [2.45, 2.75) is 6.92 Å².